The van der Waals surface area contributed by atoms with Gasteiger partial charge < -0.3 is 19.2 Å². The molecule has 0 spiro atoms. The van der Waals surface area contributed by atoms with E-state index in [9.17, 15) is 0 Å². The zero-order valence-corrected chi connectivity index (χ0v) is 15.4. The number of aromatic nitrogens is 1. The standard InChI is InChI=1S/C17H16BrNO3S/c1-20-14-7-11(8-15(21-2)17(14)22-3)23-16-9-19-13-6-10(18)4-5-12(13)16/h4-9,19H,1-3H3. The van der Waals surface area contributed by atoms with Crippen LogP contribution in [-0.4, -0.2) is 26.3 Å². The molecule has 3 rings (SSSR count). The highest BCUT2D eigenvalue weighted by Gasteiger charge is 2.15. The van der Waals surface area contributed by atoms with Gasteiger partial charge in [-0.25, -0.2) is 0 Å². The van der Waals surface area contributed by atoms with Gasteiger partial charge in [-0.1, -0.05) is 33.8 Å². The highest BCUT2D eigenvalue weighted by molar-refractivity contribution is 9.10. The van der Waals surface area contributed by atoms with Crippen LogP contribution in [0.4, 0.5) is 0 Å². The normalized spacial score (nSPS) is 10.8. The molecule has 1 N–H and O–H groups in total. The van der Waals surface area contributed by atoms with E-state index in [1.807, 2.05) is 24.4 Å². The largest absolute Gasteiger partial charge is 0.493 e. The maximum absolute atomic E-state index is 5.41. The minimum Gasteiger partial charge on any atom is -0.493 e. The third kappa shape index (κ3) is 3.14. The highest BCUT2D eigenvalue weighted by Crippen LogP contribution is 2.43. The Morgan fingerprint density at radius 2 is 1.65 bits per heavy atom. The maximum atomic E-state index is 5.41. The SMILES string of the molecule is COc1cc(Sc2c[nH]c3cc(Br)ccc23)cc(OC)c1OC. The van der Waals surface area contributed by atoms with Gasteiger partial charge in [-0.2, -0.15) is 0 Å². The van der Waals surface area contributed by atoms with E-state index < -0.39 is 0 Å². The molecular formula is C17H16BrNO3S. The van der Waals surface area contributed by atoms with Crippen LogP contribution in [0.5, 0.6) is 17.2 Å². The summed E-state index contributed by atoms with van der Waals surface area (Å²) in [4.78, 5) is 5.45. The Balaban J connectivity index is 2.01. The first-order valence-corrected chi connectivity index (χ1v) is 8.51. The van der Waals surface area contributed by atoms with Crippen molar-refractivity contribution in [3.05, 3.63) is 41.0 Å². The Bertz CT molecular complexity index is 822. The van der Waals surface area contributed by atoms with Gasteiger partial charge in [0.1, 0.15) is 0 Å². The van der Waals surface area contributed by atoms with Crippen molar-refractivity contribution in [1.29, 1.82) is 0 Å². The van der Waals surface area contributed by atoms with Crippen LogP contribution in [0.2, 0.25) is 0 Å². The first-order chi connectivity index (χ1) is 11.2. The second kappa shape index (κ2) is 6.76. The van der Waals surface area contributed by atoms with Gasteiger partial charge in [0.15, 0.2) is 11.5 Å². The summed E-state index contributed by atoms with van der Waals surface area (Å²) in [5, 5.41) is 1.17. The fourth-order valence-corrected chi connectivity index (χ4v) is 3.75. The number of H-pyrrole nitrogens is 1. The van der Waals surface area contributed by atoms with Gasteiger partial charge in [-0.15, -0.1) is 0 Å². The molecule has 6 heteroatoms. The summed E-state index contributed by atoms with van der Waals surface area (Å²) in [6.07, 6.45) is 2.00. The third-order valence-electron chi connectivity index (χ3n) is 3.47. The summed E-state index contributed by atoms with van der Waals surface area (Å²) in [7, 11) is 4.84. The maximum Gasteiger partial charge on any atom is 0.203 e. The summed E-state index contributed by atoms with van der Waals surface area (Å²) < 4.78 is 17.2. The molecule has 0 unspecified atom stereocenters. The molecule has 0 radical (unpaired) electrons. The van der Waals surface area contributed by atoms with E-state index in [2.05, 4.69) is 33.0 Å². The number of benzene rings is 2. The number of methoxy groups -OCH3 is 3. The van der Waals surface area contributed by atoms with E-state index in [1.165, 1.54) is 5.39 Å². The number of hydrogen-bond acceptors (Lipinski definition) is 4. The minimum absolute atomic E-state index is 0.599. The van der Waals surface area contributed by atoms with Gasteiger partial charge in [-0.3, -0.25) is 0 Å². The number of rotatable bonds is 5. The van der Waals surface area contributed by atoms with Crippen molar-refractivity contribution in [1.82, 2.24) is 4.98 Å². The van der Waals surface area contributed by atoms with Crippen LogP contribution in [0.1, 0.15) is 0 Å². The number of halogens is 1. The Kier molecular flexibility index (Phi) is 4.73. The lowest BCUT2D eigenvalue weighted by Crippen LogP contribution is -1.95. The van der Waals surface area contributed by atoms with Gasteiger partial charge in [0.25, 0.3) is 0 Å². The molecule has 0 aliphatic carbocycles. The lowest BCUT2D eigenvalue weighted by Gasteiger charge is -2.13. The number of ether oxygens (including phenoxy) is 3. The zero-order chi connectivity index (χ0) is 16.4. The molecule has 0 saturated carbocycles. The molecule has 1 aromatic heterocycles. The van der Waals surface area contributed by atoms with Crippen molar-refractivity contribution in [3.8, 4) is 17.2 Å². The van der Waals surface area contributed by atoms with Crippen LogP contribution < -0.4 is 14.2 Å². The number of fused-ring (bicyclic) bond motifs is 1. The van der Waals surface area contributed by atoms with Crippen LogP contribution in [0, 0.1) is 0 Å². The zero-order valence-electron chi connectivity index (χ0n) is 13.0. The van der Waals surface area contributed by atoms with E-state index >= 15 is 0 Å². The van der Waals surface area contributed by atoms with Gasteiger partial charge in [0, 0.05) is 31.4 Å². The van der Waals surface area contributed by atoms with Crippen LogP contribution in [0.25, 0.3) is 10.9 Å². The van der Waals surface area contributed by atoms with Crippen molar-refractivity contribution < 1.29 is 14.2 Å². The fraction of sp³-hybridized carbons (Fsp3) is 0.176. The first-order valence-electron chi connectivity index (χ1n) is 6.90. The number of hydrogen-bond donors (Lipinski definition) is 1. The van der Waals surface area contributed by atoms with Crippen molar-refractivity contribution in [2.75, 3.05) is 21.3 Å². The summed E-state index contributed by atoms with van der Waals surface area (Å²) >= 11 is 5.13. The van der Waals surface area contributed by atoms with Crippen LogP contribution in [-0.2, 0) is 0 Å². The van der Waals surface area contributed by atoms with Crippen molar-refractivity contribution >= 4 is 38.6 Å². The lowest BCUT2D eigenvalue weighted by molar-refractivity contribution is 0.323. The Hall–Kier alpha value is -1.79. The molecule has 2 aromatic carbocycles. The second-order valence-electron chi connectivity index (χ2n) is 4.81. The van der Waals surface area contributed by atoms with Crippen molar-refractivity contribution in [3.63, 3.8) is 0 Å². The molecule has 1 heterocycles. The van der Waals surface area contributed by atoms with E-state index in [4.69, 9.17) is 14.2 Å². The fourth-order valence-electron chi connectivity index (χ4n) is 2.40. The van der Waals surface area contributed by atoms with Gasteiger partial charge in [-0.05, 0) is 24.3 Å². The summed E-state index contributed by atoms with van der Waals surface area (Å²) in [5.41, 5.74) is 1.09. The smallest absolute Gasteiger partial charge is 0.203 e. The molecule has 4 nitrogen and oxygen atoms in total. The summed E-state index contributed by atoms with van der Waals surface area (Å²) in [5.74, 6) is 1.90. The highest BCUT2D eigenvalue weighted by atomic mass is 79.9. The topological polar surface area (TPSA) is 43.5 Å². The van der Waals surface area contributed by atoms with Gasteiger partial charge in [0.05, 0.1) is 21.3 Å². The third-order valence-corrected chi connectivity index (χ3v) is 4.99. The number of aromatic amines is 1. The monoisotopic (exact) mass is 393 g/mol. The predicted octanol–water partition coefficient (Wildman–Crippen LogP) is 5.11. The van der Waals surface area contributed by atoms with Crippen LogP contribution in [0.15, 0.2) is 50.8 Å². The van der Waals surface area contributed by atoms with Crippen molar-refractivity contribution in [2.45, 2.75) is 9.79 Å². The molecule has 0 saturated heterocycles. The van der Waals surface area contributed by atoms with Crippen LogP contribution >= 0.6 is 27.7 Å². The molecule has 23 heavy (non-hydrogen) atoms. The summed E-state index contributed by atoms with van der Waals surface area (Å²) in [6, 6.07) is 10.1. The number of nitrogens with one attached hydrogen (secondary N) is 1. The van der Waals surface area contributed by atoms with E-state index in [0.717, 1.165) is 19.8 Å². The Morgan fingerprint density at radius 1 is 0.957 bits per heavy atom. The molecular weight excluding hydrogens is 378 g/mol. The molecule has 0 fully saturated rings. The average Bonchev–Trinajstić information content (AvgIpc) is 2.95. The minimum atomic E-state index is 0.599. The van der Waals surface area contributed by atoms with Gasteiger partial charge in [0.2, 0.25) is 5.75 Å². The van der Waals surface area contributed by atoms with Crippen LogP contribution in [0.3, 0.4) is 0 Å². The molecule has 0 aliphatic rings. The second-order valence-corrected chi connectivity index (χ2v) is 6.84. The lowest BCUT2D eigenvalue weighted by atomic mass is 10.2. The molecule has 0 atom stereocenters. The molecule has 0 bridgehead atoms. The molecule has 3 aromatic rings. The first kappa shape index (κ1) is 16.1. The Morgan fingerprint density at radius 3 is 2.26 bits per heavy atom. The Labute approximate surface area is 147 Å². The van der Waals surface area contributed by atoms with E-state index in [0.29, 0.717) is 17.2 Å². The molecule has 120 valence electrons. The average molecular weight is 394 g/mol. The van der Waals surface area contributed by atoms with Crippen molar-refractivity contribution in [2.24, 2.45) is 0 Å². The summed E-state index contributed by atoms with van der Waals surface area (Å²) in [6.45, 7) is 0. The molecule has 0 aliphatic heterocycles. The molecule has 0 amide bonds. The quantitative estimate of drug-likeness (QED) is 0.653. The van der Waals surface area contributed by atoms with E-state index in [-0.39, 0.29) is 0 Å². The predicted molar refractivity (Wildman–Crippen MR) is 96.2 cm³/mol. The van der Waals surface area contributed by atoms with E-state index in [1.54, 1.807) is 33.1 Å². The van der Waals surface area contributed by atoms with Gasteiger partial charge >= 0.3 is 0 Å².